The lowest BCUT2D eigenvalue weighted by Gasteiger charge is -2.37. The smallest absolute Gasteiger partial charge is 0.231 e. The maximum Gasteiger partial charge on any atom is 0.231 e. The second-order valence-corrected chi connectivity index (χ2v) is 13.9. The third-order valence-electron chi connectivity index (χ3n) is 11.1. The van der Waals surface area contributed by atoms with E-state index in [9.17, 15) is 0 Å². The van der Waals surface area contributed by atoms with Gasteiger partial charge in [-0.3, -0.25) is 0 Å². The van der Waals surface area contributed by atoms with Crippen molar-refractivity contribution in [3.8, 4) is 5.69 Å². The Morgan fingerprint density at radius 3 is 1.87 bits per heavy atom. The van der Waals surface area contributed by atoms with E-state index >= 15 is 0 Å². The summed E-state index contributed by atoms with van der Waals surface area (Å²) in [4.78, 5) is 15.7. The van der Waals surface area contributed by atoms with Gasteiger partial charge < -0.3 is 18.9 Å². The molecule has 0 spiro atoms. The molecule has 0 radical (unpaired) electrons. The van der Waals surface area contributed by atoms with Crippen LogP contribution in [0.15, 0.2) is 180 Å². The Morgan fingerprint density at radius 1 is 0.558 bits per heavy atom. The van der Waals surface area contributed by atoms with Crippen LogP contribution in [0.2, 0.25) is 0 Å². The number of nitrogens with zero attached hydrogens (tertiary/aromatic N) is 6. The molecule has 2 aliphatic heterocycles. The first-order valence-corrected chi connectivity index (χ1v) is 17.9. The van der Waals surface area contributed by atoms with Gasteiger partial charge in [0.2, 0.25) is 12.2 Å². The van der Waals surface area contributed by atoms with Crippen LogP contribution in [0.25, 0.3) is 49.3 Å². The number of hydrogen-bond donors (Lipinski definition) is 0. The maximum absolute atomic E-state index is 5.64. The zero-order valence-electron chi connectivity index (χ0n) is 28.6. The van der Waals surface area contributed by atoms with Gasteiger partial charge in [-0.25, -0.2) is 4.99 Å². The van der Waals surface area contributed by atoms with Crippen LogP contribution in [0, 0.1) is 0 Å². The van der Waals surface area contributed by atoms with E-state index in [2.05, 4.69) is 196 Å². The molecule has 0 saturated heterocycles. The van der Waals surface area contributed by atoms with Gasteiger partial charge in [0.15, 0.2) is 0 Å². The van der Waals surface area contributed by atoms with Crippen molar-refractivity contribution in [2.24, 2.45) is 9.98 Å². The molecule has 3 aliphatic rings. The van der Waals surface area contributed by atoms with Crippen molar-refractivity contribution in [2.75, 3.05) is 11.9 Å². The molecular formula is C46H34N6. The Morgan fingerprint density at radius 2 is 1.15 bits per heavy atom. The summed E-state index contributed by atoms with van der Waals surface area (Å²) in [6.45, 7) is 0. The van der Waals surface area contributed by atoms with E-state index < -0.39 is 0 Å². The number of allylic oxidation sites excluding steroid dienone is 2. The van der Waals surface area contributed by atoms with Gasteiger partial charge in [-0.1, -0.05) is 127 Å². The van der Waals surface area contributed by atoms with Gasteiger partial charge in [-0.05, 0) is 48.0 Å². The molecule has 6 heteroatoms. The first kappa shape index (κ1) is 29.1. The zero-order valence-corrected chi connectivity index (χ0v) is 28.6. The number of aliphatic imine (C=N–C) groups is 2. The van der Waals surface area contributed by atoms with Gasteiger partial charge in [0.1, 0.15) is 5.84 Å². The molecule has 248 valence electrons. The van der Waals surface area contributed by atoms with Crippen LogP contribution in [0.3, 0.4) is 0 Å². The van der Waals surface area contributed by atoms with Crippen molar-refractivity contribution in [3.63, 3.8) is 0 Å². The monoisotopic (exact) mass is 670 g/mol. The second kappa shape index (κ2) is 11.2. The summed E-state index contributed by atoms with van der Waals surface area (Å²) >= 11 is 0. The molecule has 3 unspecified atom stereocenters. The molecule has 0 N–H and O–H groups in total. The average Bonchev–Trinajstić information content (AvgIpc) is 3.83. The Hall–Kier alpha value is -6.66. The van der Waals surface area contributed by atoms with Crippen molar-refractivity contribution in [3.05, 3.63) is 181 Å². The highest BCUT2D eigenvalue weighted by Crippen LogP contribution is 2.48. The van der Waals surface area contributed by atoms with E-state index in [1.165, 1.54) is 38.1 Å². The minimum absolute atomic E-state index is 0.0321. The summed E-state index contributed by atoms with van der Waals surface area (Å²) in [6.07, 6.45) is 8.63. The van der Waals surface area contributed by atoms with Crippen LogP contribution in [0.5, 0.6) is 0 Å². The Labute approximate surface area is 301 Å². The van der Waals surface area contributed by atoms with Crippen molar-refractivity contribution < 1.29 is 0 Å². The standard InChI is InChI=1S/C46H34N6/c1-49-44(30-16-4-2-5-17-30)47-45(48-46(49)52-40-26-14-8-20-32(40)33-21-9-15-27-41(33)52)51-39-25-13-11-23-35(39)37-28-36-34-22-10-12-24-38(34)50(42(36)29-43(37)51)31-18-6-3-7-19-31/h2-29,35,39,46H,1H3. The molecule has 4 heterocycles. The van der Waals surface area contributed by atoms with E-state index in [1.807, 2.05) is 0 Å². The number of anilines is 1. The van der Waals surface area contributed by atoms with E-state index in [1.54, 1.807) is 0 Å². The van der Waals surface area contributed by atoms with E-state index in [0.717, 1.165) is 33.8 Å². The fourth-order valence-electron chi connectivity index (χ4n) is 8.79. The zero-order chi connectivity index (χ0) is 34.3. The van der Waals surface area contributed by atoms with Gasteiger partial charge in [-0.2, -0.15) is 4.99 Å². The predicted octanol–water partition coefficient (Wildman–Crippen LogP) is 10.2. The molecule has 0 amide bonds. The topological polar surface area (TPSA) is 41.1 Å². The van der Waals surface area contributed by atoms with Gasteiger partial charge in [-0.15, -0.1) is 0 Å². The van der Waals surface area contributed by atoms with E-state index in [0.29, 0.717) is 5.96 Å². The average molecular weight is 671 g/mol. The van der Waals surface area contributed by atoms with Crippen LogP contribution in [-0.2, 0) is 0 Å². The highest BCUT2D eigenvalue weighted by Gasteiger charge is 2.42. The number of fused-ring (bicyclic) bond motifs is 9. The largest absolute Gasteiger partial charge is 0.320 e. The lowest BCUT2D eigenvalue weighted by Crippen LogP contribution is -2.45. The van der Waals surface area contributed by atoms with Crippen LogP contribution in [0.1, 0.15) is 23.3 Å². The summed E-state index contributed by atoms with van der Waals surface area (Å²) < 4.78 is 4.77. The maximum atomic E-state index is 5.64. The first-order valence-electron chi connectivity index (χ1n) is 17.9. The van der Waals surface area contributed by atoms with Gasteiger partial charge in [0.05, 0.1) is 33.8 Å². The molecule has 0 bridgehead atoms. The fraction of sp³-hybridized carbons (Fsp3) is 0.0870. The molecule has 3 atom stereocenters. The highest BCUT2D eigenvalue weighted by molar-refractivity contribution is 6.16. The molecule has 8 aromatic rings. The number of guanidine groups is 1. The third-order valence-corrected chi connectivity index (χ3v) is 11.1. The second-order valence-electron chi connectivity index (χ2n) is 13.9. The summed E-state index contributed by atoms with van der Waals surface area (Å²) in [5.41, 5.74) is 9.28. The summed E-state index contributed by atoms with van der Waals surface area (Å²) in [7, 11) is 2.12. The predicted molar refractivity (Wildman–Crippen MR) is 215 cm³/mol. The summed E-state index contributed by atoms with van der Waals surface area (Å²) in [5, 5.41) is 4.94. The van der Waals surface area contributed by atoms with Crippen molar-refractivity contribution in [1.29, 1.82) is 0 Å². The normalized spacial score (nSPS) is 19.4. The molecular weight excluding hydrogens is 637 g/mol. The first-order chi connectivity index (χ1) is 25.7. The van der Waals surface area contributed by atoms with Crippen LogP contribution in [-0.4, -0.2) is 38.9 Å². The molecule has 52 heavy (non-hydrogen) atoms. The third kappa shape index (κ3) is 4.12. The molecule has 2 aromatic heterocycles. The summed E-state index contributed by atoms with van der Waals surface area (Å²) in [5.74, 6) is 1.75. The molecule has 11 rings (SSSR count). The van der Waals surface area contributed by atoms with Crippen molar-refractivity contribution >= 4 is 61.1 Å². The molecule has 0 saturated carbocycles. The van der Waals surface area contributed by atoms with Gasteiger partial charge in [0.25, 0.3) is 0 Å². The molecule has 6 aromatic carbocycles. The number of para-hydroxylation sites is 4. The SMILES string of the molecule is CN1C(c2ccccc2)=NC(N2c3cc4c(cc3C3C=CC=CC32)c2ccccc2n4-c2ccccc2)=NC1n1c2ccccc2c2ccccc21. The van der Waals surface area contributed by atoms with Gasteiger partial charge in [0, 0.05) is 45.8 Å². The fourth-order valence-corrected chi connectivity index (χ4v) is 8.79. The van der Waals surface area contributed by atoms with E-state index in [-0.39, 0.29) is 18.2 Å². The van der Waals surface area contributed by atoms with E-state index in [4.69, 9.17) is 9.98 Å². The highest BCUT2D eigenvalue weighted by atomic mass is 15.5. The number of rotatable bonds is 3. The minimum atomic E-state index is -0.377. The lowest BCUT2D eigenvalue weighted by molar-refractivity contribution is 0.296. The molecule has 6 nitrogen and oxygen atoms in total. The quantitative estimate of drug-likeness (QED) is 0.188. The minimum Gasteiger partial charge on any atom is -0.320 e. The van der Waals surface area contributed by atoms with Crippen LogP contribution < -0.4 is 4.90 Å². The van der Waals surface area contributed by atoms with Crippen LogP contribution in [0.4, 0.5) is 5.69 Å². The number of amidine groups is 1. The Bertz CT molecular complexity index is 2780. The van der Waals surface area contributed by atoms with Crippen molar-refractivity contribution in [2.45, 2.75) is 18.2 Å². The Kier molecular flexibility index (Phi) is 6.25. The van der Waals surface area contributed by atoms with Crippen LogP contribution >= 0.6 is 0 Å². The van der Waals surface area contributed by atoms with Crippen molar-refractivity contribution in [1.82, 2.24) is 14.0 Å². The van der Waals surface area contributed by atoms with Gasteiger partial charge >= 0.3 is 0 Å². The lowest BCUT2D eigenvalue weighted by atomic mass is 9.91. The summed E-state index contributed by atoms with van der Waals surface area (Å²) in [6, 6.07) is 52.1. The Balaban J connectivity index is 1.19. The molecule has 1 aliphatic carbocycles. The number of benzene rings is 6. The number of hydrogen-bond acceptors (Lipinski definition) is 4. The molecule has 0 fully saturated rings. The number of aromatic nitrogens is 2.